The van der Waals surface area contributed by atoms with Crippen LogP contribution >= 0.6 is 11.6 Å². The van der Waals surface area contributed by atoms with Crippen LogP contribution in [0, 0.1) is 11.6 Å². The quantitative estimate of drug-likeness (QED) is 0.271. The van der Waals surface area contributed by atoms with E-state index < -0.39 is 17.7 Å². The zero-order valence-electron chi connectivity index (χ0n) is 20.2. The van der Waals surface area contributed by atoms with Gasteiger partial charge in [0.05, 0.1) is 42.0 Å². The van der Waals surface area contributed by atoms with Gasteiger partial charge < -0.3 is 15.0 Å². The Hall–Kier alpha value is -4.37. The molecule has 192 valence electrons. The fourth-order valence-electron chi connectivity index (χ4n) is 4.32. The van der Waals surface area contributed by atoms with E-state index in [9.17, 15) is 13.6 Å². The van der Waals surface area contributed by atoms with Crippen LogP contribution in [0.25, 0.3) is 22.3 Å². The summed E-state index contributed by atoms with van der Waals surface area (Å²) in [7, 11) is 1.52. The number of methoxy groups -OCH3 is 1. The van der Waals surface area contributed by atoms with E-state index in [-0.39, 0.29) is 18.7 Å². The Kier molecular flexibility index (Phi) is 7.28. The minimum Gasteiger partial charge on any atom is -0.481 e. The van der Waals surface area contributed by atoms with Gasteiger partial charge in [-0.05, 0) is 42.3 Å². The topological polar surface area (TPSA) is 92.8 Å². The number of carbonyl (C=O) groups excluding carboxylic acids is 1. The number of rotatable bonds is 8. The van der Waals surface area contributed by atoms with E-state index in [0.717, 1.165) is 17.1 Å². The first-order chi connectivity index (χ1) is 18.4. The van der Waals surface area contributed by atoms with Gasteiger partial charge in [-0.1, -0.05) is 23.7 Å². The molecule has 3 heterocycles. The van der Waals surface area contributed by atoms with Crippen molar-refractivity contribution in [1.82, 2.24) is 25.3 Å². The van der Waals surface area contributed by atoms with Gasteiger partial charge in [0.25, 0.3) is 0 Å². The third-order valence-electron chi connectivity index (χ3n) is 6.01. The van der Waals surface area contributed by atoms with Crippen LogP contribution in [-0.2, 0) is 17.6 Å². The zero-order chi connectivity index (χ0) is 26.6. The molecule has 0 saturated heterocycles. The Morgan fingerprint density at radius 1 is 1.05 bits per heavy atom. The molecule has 0 saturated carbocycles. The number of hydrogen-bond acceptors (Lipinski definition) is 5. The van der Waals surface area contributed by atoms with Crippen LogP contribution in [0.2, 0.25) is 5.02 Å². The Balaban J connectivity index is 1.49. The number of H-pyrrole nitrogens is 1. The van der Waals surface area contributed by atoms with Crippen molar-refractivity contribution in [2.75, 3.05) is 7.11 Å². The van der Waals surface area contributed by atoms with Crippen LogP contribution in [0.3, 0.4) is 0 Å². The maximum atomic E-state index is 14.0. The third-order valence-corrected chi connectivity index (χ3v) is 6.26. The lowest BCUT2D eigenvalue weighted by atomic mass is 9.98. The molecule has 0 aliphatic carbocycles. The molecule has 0 unspecified atom stereocenters. The molecular weight excluding hydrogens is 512 g/mol. The number of halogens is 3. The molecule has 0 bridgehead atoms. The summed E-state index contributed by atoms with van der Waals surface area (Å²) in [4.78, 5) is 29.9. The number of pyridine rings is 1. The smallest absolute Gasteiger partial charge is 0.225 e. The molecule has 2 N–H and O–H groups in total. The molecule has 7 nitrogen and oxygen atoms in total. The summed E-state index contributed by atoms with van der Waals surface area (Å²) < 4.78 is 33.2. The number of nitrogens with one attached hydrogen (secondary N) is 2. The second-order valence-electron chi connectivity index (χ2n) is 8.64. The highest BCUT2D eigenvalue weighted by Crippen LogP contribution is 2.29. The number of ether oxygens (including phenoxy) is 1. The molecular formula is C28H22ClF2N5O2. The van der Waals surface area contributed by atoms with Gasteiger partial charge in [0.1, 0.15) is 11.6 Å². The zero-order valence-corrected chi connectivity index (χ0v) is 21.0. The molecule has 10 heteroatoms. The molecule has 1 amide bonds. The van der Waals surface area contributed by atoms with Crippen molar-refractivity contribution in [2.24, 2.45) is 0 Å². The number of aromatic nitrogens is 4. The molecule has 0 spiro atoms. The van der Waals surface area contributed by atoms with Crippen LogP contribution in [0.4, 0.5) is 8.78 Å². The molecule has 3 aromatic heterocycles. The minimum atomic E-state index is -0.740. The number of hydrogen-bond donors (Lipinski definition) is 2. The minimum absolute atomic E-state index is 0.00468. The summed E-state index contributed by atoms with van der Waals surface area (Å²) in [6.07, 6.45) is 4.86. The molecule has 0 aliphatic rings. The van der Waals surface area contributed by atoms with Gasteiger partial charge in [-0.3, -0.25) is 14.8 Å². The number of fused-ring (bicyclic) bond motifs is 1. The highest BCUT2D eigenvalue weighted by atomic mass is 35.5. The average molecular weight is 534 g/mol. The Morgan fingerprint density at radius 3 is 2.53 bits per heavy atom. The van der Waals surface area contributed by atoms with Gasteiger partial charge in [0.2, 0.25) is 11.8 Å². The molecule has 5 aromatic rings. The van der Waals surface area contributed by atoms with Crippen molar-refractivity contribution < 1.29 is 18.3 Å². The van der Waals surface area contributed by atoms with Gasteiger partial charge in [0.15, 0.2) is 0 Å². The van der Waals surface area contributed by atoms with E-state index in [1.807, 2.05) is 6.07 Å². The van der Waals surface area contributed by atoms with Crippen molar-refractivity contribution in [1.29, 1.82) is 0 Å². The second kappa shape index (κ2) is 10.9. The predicted octanol–water partition coefficient (Wildman–Crippen LogP) is 5.60. The van der Waals surface area contributed by atoms with E-state index in [1.165, 1.54) is 25.4 Å². The van der Waals surface area contributed by atoms with Crippen LogP contribution in [0.5, 0.6) is 5.88 Å². The largest absolute Gasteiger partial charge is 0.481 e. The lowest BCUT2D eigenvalue weighted by Gasteiger charge is -2.21. The predicted molar refractivity (Wildman–Crippen MR) is 140 cm³/mol. The SMILES string of the molecule is COc1ccc2[nH]cc(CC(=O)N[C@@H](Cc3cc(F)cc(F)c3)c3nccnc3-c3ccc(Cl)cc3)c2n1. The number of benzene rings is 2. The van der Waals surface area contributed by atoms with E-state index in [0.29, 0.717) is 38.9 Å². The summed E-state index contributed by atoms with van der Waals surface area (Å²) in [5.74, 6) is -1.32. The van der Waals surface area contributed by atoms with Crippen LogP contribution in [-0.4, -0.2) is 33.0 Å². The first-order valence-corrected chi connectivity index (χ1v) is 12.1. The van der Waals surface area contributed by atoms with Crippen LogP contribution in [0.1, 0.15) is 22.9 Å². The molecule has 1 atom stereocenters. The van der Waals surface area contributed by atoms with Gasteiger partial charge >= 0.3 is 0 Å². The first kappa shape index (κ1) is 25.3. The van der Waals surface area contributed by atoms with Gasteiger partial charge in [-0.15, -0.1) is 0 Å². The van der Waals surface area contributed by atoms with E-state index in [1.54, 1.807) is 42.7 Å². The highest BCUT2D eigenvalue weighted by molar-refractivity contribution is 6.30. The first-order valence-electron chi connectivity index (χ1n) is 11.7. The molecule has 0 aliphatic heterocycles. The van der Waals surface area contributed by atoms with Crippen molar-refractivity contribution in [2.45, 2.75) is 18.9 Å². The van der Waals surface area contributed by atoms with E-state index in [4.69, 9.17) is 16.3 Å². The summed E-state index contributed by atoms with van der Waals surface area (Å²) in [6, 6.07) is 13.1. The van der Waals surface area contributed by atoms with Crippen molar-refractivity contribution in [3.63, 3.8) is 0 Å². The van der Waals surface area contributed by atoms with Gasteiger partial charge in [0, 0.05) is 46.9 Å². The summed E-state index contributed by atoms with van der Waals surface area (Å²) >= 11 is 6.06. The molecule has 38 heavy (non-hydrogen) atoms. The Labute approximate surface area is 221 Å². The fraction of sp³-hybridized carbons (Fsp3) is 0.143. The second-order valence-corrected chi connectivity index (χ2v) is 9.08. The number of aromatic amines is 1. The Bertz CT molecular complexity index is 1590. The molecule has 0 fully saturated rings. The van der Waals surface area contributed by atoms with Crippen molar-refractivity contribution >= 4 is 28.5 Å². The third kappa shape index (κ3) is 5.63. The summed E-state index contributed by atoms with van der Waals surface area (Å²) in [5, 5.41) is 3.55. The molecule has 2 aromatic carbocycles. The fourth-order valence-corrected chi connectivity index (χ4v) is 4.44. The monoisotopic (exact) mass is 533 g/mol. The summed E-state index contributed by atoms with van der Waals surface area (Å²) in [6.45, 7) is 0. The standard InChI is InChI=1S/C28H22ClF2N5O2/c1-38-25-7-6-22-26(36-25)18(15-34-22)13-24(37)35-23(12-16-10-20(30)14-21(31)11-16)28-27(32-8-9-33-28)17-2-4-19(29)5-3-17/h2-11,14-15,23,34H,12-13H2,1H3,(H,35,37)/t23-/m0/s1. The highest BCUT2D eigenvalue weighted by Gasteiger charge is 2.23. The van der Waals surface area contributed by atoms with Crippen molar-refractivity contribution in [3.8, 4) is 17.1 Å². The number of carbonyl (C=O) groups is 1. The Morgan fingerprint density at radius 2 is 1.79 bits per heavy atom. The van der Waals surface area contributed by atoms with E-state index in [2.05, 4.69) is 25.3 Å². The van der Waals surface area contributed by atoms with Crippen LogP contribution in [0.15, 0.2) is 73.2 Å². The van der Waals surface area contributed by atoms with Crippen molar-refractivity contribution in [3.05, 3.63) is 107 Å². The van der Waals surface area contributed by atoms with E-state index >= 15 is 0 Å². The maximum absolute atomic E-state index is 14.0. The van der Waals surface area contributed by atoms with Gasteiger partial charge in [-0.2, -0.15) is 0 Å². The summed E-state index contributed by atoms with van der Waals surface area (Å²) in [5.41, 5.74) is 4.11. The number of nitrogens with zero attached hydrogens (tertiary/aromatic N) is 3. The molecule has 5 rings (SSSR count). The maximum Gasteiger partial charge on any atom is 0.225 e. The average Bonchev–Trinajstić information content (AvgIpc) is 3.29. The lowest BCUT2D eigenvalue weighted by molar-refractivity contribution is -0.121. The normalized spacial score (nSPS) is 11.9. The van der Waals surface area contributed by atoms with Crippen LogP contribution < -0.4 is 10.1 Å². The molecule has 0 radical (unpaired) electrons. The van der Waals surface area contributed by atoms with Gasteiger partial charge in [-0.25, -0.2) is 13.8 Å². The number of amides is 1. The lowest BCUT2D eigenvalue weighted by Crippen LogP contribution is -2.32.